The summed E-state index contributed by atoms with van der Waals surface area (Å²) in [5, 5.41) is 9.04. The summed E-state index contributed by atoms with van der Waals surface area (Å²) < 4.78 is 6.07. The van der Waals surface area contributed by atoms with Crippen LogP contribution in [0.4, 0.5) is 0 Å². The molecule has 0 heterocycles. The molecule has 37 heavy (non-hydrogen) atoms. The highest BCUT2D eigenvalue weighted by atomic mass is 16.5. The highest BCUT2D eigenvalue weighted by molar-refractivity contribution is 5.75. The minimum atomic E-state index is -0.0459. The first-order valence-electron chi connectivity index (χ1n) is 15.0. The number of hydrogen-bond acceptors (Lipinski definition) is 3. The Labute approximate surface area is 225 Å². The van der Waals surface area contributed by atoms with Crippen LogP contribution in [-0.2, 0) is 24.1 Å². The van der Waals surface area contributed by atoms with Crippen molar-refractivity contribution in [3.63, 3.8) is 0 Å². The molecule has 1 fully saturated rings. The van der Waals surface area contributed by atoms with Crippen molar-refractivity contribution in [3.8, 4) is 11.8 Å². The van der Waals surface area contributed by atoms with Gasteiger partial charge in [0.1, 0.15) is 5.75 Å². The maximum absolute atomic E-state index is 13.0. The number of rotatable bonds is 16. The van der Waals surface area contributed by atoms with Crippen molar-refractivity contribution < 1.29 is 9.53 Å². The van der Waals surface area contributed by atoms with E-state index in [0.29, 0.717) is 5.56 Å². The van der Waals surface area contributed by atoms with E-state index in [1.807, 2.05) is 24.3 Å². The molecule has 3 heteroatoms. The molecule has 0 amide bonds. The van der Waals surface area contributed by atoms with E-state index in [0.717, 1.165) is 56.3 Å². The molecule has 0 saturated heterocycles. The molecule has 0 atom stereocenters. The van der Waals surface area contributed by atoms with Crippen LogP contribution in [0.15, 0.2) is 42.5 Å². The van der Waals surface area contributed by atoms with E-state index in [-0.39, 0.29) is 11.9 Å². The van der Waals surface area contributed by atoms with Gasteiger partial charge in [-0.05, 0) is 73.4 Å². The molecular weight excluding hydrogens is 454 g/mol. The molecule has 0 aliphatic heterocycles. The number of carbonyl (C=O) groups excluding carboxylic acids is 1. The van der Waals surface area contributed by atoms with Gasteiger partial charge in [0.15, 0.2) is 0 Å². The molecule has 0 bridgehead atoms. The van der Waals surface area contributed by atoms with Crippen LogP contribution in [-0.4, -0.2) is 5.97 Å². The monoisotopic (exact) mass is 501 g/mol. The lowest BCUT2D eigenvalue weighted by Crippen LogP contribution is -2.23. The third-order valence-corrected chi connectivity index (χ3v) is 7.87. The summed E-state index contributed by atoms with van der Waals surface area (Å²) >= 11 is 0. The van der Waals surface area contributed by atoms with Crippen molar-refractivity contribution in [3.05, 3.63) is 64.7 Å². The predicted molar refractivity (Wildman–Crippen MR) is 153 cm³/mol. The molecule has 0 aromatic heterocycles. The lowest BCUT2D eigenvalue weighted by Gasteiger charge is -2.21. The molecule has 2 aromatic rings. The second-order valence-electron chi connectivity index (χ2n) is 10.9. The van der Waals surface area contributed by atoms with E-state index in [2.05, 4.69) is 31.2 Å². The number of aryl methyl sites for hydroxylation is 3. The van der Waals surface area contributed by atoms with Crippen molar-refractivity contribution in [2.24, 2.45) is 5.92 Å². The van der Waals surface area contributed by atoms with E-state index in [1.165, 1.54) is 81.8 Å². The molecule has 200 valence electrons. The number of nitriles is 1. The Morgan fingerprint density at radius 2 is 1.41 bits per heavy atom. The SMILES string of the molecule is CCCCCCCCCCCCc1ccc(CCc2ccc(C#N)cc2)c(OC(=O)C2CCCCC2)c1. The van der Waals surface area contributed by atoms with E-state index < -0.39 is 0 Å². The molecule has 3 nitrogen and oxygen atoms in total. The topological polar surface area (TPSA) is 50.1 Å². The molecule has 2 aromatic carbocycles. The molecule has 0 unspecified atom stereocenters. The molecule has 0 spiro atoms. The molecule has 1 aliphatic carbocycles. The Balaban J connectivity index is 1.53. The summed E-state index contributed by atoms with van der Waals surface area (Å²) in [6.07, 6.45) is 21.5. The molecule has 1 saturated carbocycles. The van der Waals surface area contributed by atoms with Crippen molar-refractivity contribution >= 4 is 5.97 Å². The number of carbonyl (C=O) groups is 1. The summed E-state index contributed by atoms with van der Waals surface area (Å²) in [5.74, 6) is 0.759. The second kappa shape index (κ2) is 17.0. The van der Waals surface area contributed by atoms with Gasteiger partial charge < -0.3 is 4.74 Å². The normalized spacial score (nSPS) is 13.8. The Morgan fingerprint density at radius 1 is 0.784 bits per heavy atom. The Bertz CT molecular complexity index is 966. The van der Waals surface area contributed by atoms with Crippen molar-refractivity contribution in [1.82, 2.24) is 0 Å². The zero-order valence-corrected chi connectivity index (χ0v) is 23.1. The van der Waals surface area contributed by atoms with Gasteiger partial charge in [0, 0.05) is 0 Å². The largest absolute Gasteiger partial charge is 0.426 e. The van der Waals surface area contributed by atoms with Gasteiger partial charge in [0.05, 0.1) is 17.6 Å². The summed E-state index contributed by atoms with van der Waals surface area (Å²) in [5.41, 5.74) is 4.24. The zero-order chi connectivity index (χ0) is 26.1. The van der Waals surface area contributed by atoms with Crippen LogP contribution in [0, 0.1) is 17.2 Å². The number of hydrogen-bond donors (Lipinski definition) is 0. The minimum Gasteiger partial charge on any atom is -0.426 e. The van der Waals surface area contributed by atoms with Gasteiger partial charge in [-0.1, -0.05) is 108 Å². The average molecular weight is 502 g/mol. The summed E-state index contributed by atoms with van der Waals surface area (Å²) in [7, 11) is 0. The van der Waals surface area contributed by atoms with E-state index >= 15 is 0 Å². The van der Waals surface area contributed by atoms with E-state index in [9.17, 15) is 4.79 Å². The maximum Gasteiger partial charge on any atom is 0.314 e. The first-order valence-corrected chi connectivity index (χ1v) is 15.0. The molecule has 1 aliphatic rings. The highest BCUT2D eigenvalue weighted by Gasteiger charge is 2.24. The van der Waals surface area contributed by atoms with E-state index in [1.54, 1.807) is 0 Å². The van der Waals surface area contributed by atoms with Crippen molar-refractivity contribution in [1.29, 1.82) is 5.26 Å². The summed E-state index contributed by atoms with van der Waals surface area (Å²) in [6.45, 7) is 2.27. The van der Waals surface area contributed by atoms with Crippen molar-refractivity contribution in [2.45, 2.75) is 122 Å². The average Bonchev–Trinajstić information content (AvgIpc) is 2.94. The van der Waals surface area contributed by atoms with Gasteiger partial charge in [0.25, 0.3) is 0 Å². The van der Waals surface area contributed by atoms with E-state index in [4.69, 9.17) is 10.00 Å². The van der Waals surface area contributed by atoms with Crippen LogP contribution in [0.1, 0.15) is 125 Å². The second-order valence-corrected chi connectivity index (χ2v) is 10.9. The number of ether oxygens (including phenoxy) is 1. The van der Waals surface area contributed by atoms with Gasteiger partial charge in [-0.3, -0.25) is 4.79 Å². The molecule has 0 N–H and O–H groups in total. The predicted octanol–water partition coefficient (Wildman–Crippen LogP) is 9.29. The lowest BCUT2D eigenvalue weighted by atomic mass is 9.89. The molecule has 3 rings (SSSR count). The van der Waals surface area contributed by atoms with Gasteiger partial charge >= 0.3 is 5.97 Å². The van der Waals surface area contributed by atoms with Gasteiger partial charge in [-0.25, -0.2) is 0 Å². The first kappa shape index (κ1) is 29.0. The third-order valence-electron chi connectivity index (χ3n) is 7.87. The minimum absolute atomic E-state index is 0.0459. The Kier molecular flexibility index (Phi) is 13.3. The first-order chi connectivity index (χ1) is 18.2. The zero-order valence-electron chi connectivity index (χ0n) is 23.1. The molecule has 0 radical (unpaired) electrons. The summed E-state index contributed by atoms with van der Waals surface area (Å²) in [4.78, 5) is 13.0. The standard InChI is InChI=1S/C34H47NO2/c1-2-3-4-5-6-7-8-9-10-12-15-29-23-25-31(24-22-28-18-20-30(27-35)21-19-28)33(26-29)37-34(36)32-16-13-11-14-17-32/h18-21,23,25-26,32H,2-17,22,24H2,1H3. The number of unbranched alkanes of at least 4 members (excludes halogenated alkanes) is 9. The fraction of sp³-hybridized carbons (Fsp3) is 0.588. The highest BCUT2D eigenvalue weighted by Crippen LogP contribution is 2.29. The Morgan fingerprint density at radius 3 is 2.05 bits per heavy atom. The van der Waals surface area contributed by atoms with Crippen LogP contribution in [0.3, 0.4) is 0 Å². The number of benzene rings is 2. The van der Waals surface area contributed by atoms with Crippen LogP contribution >= 0.6 is 0 Å². The van der Waals surface area contributed by atoms with Crippen LogP contribution < -0.4 is 4.74 Å². The van der Waals surface area contributed by atoms with Crippen LogP contribution in [0.25, 0.3) is 0 Å². The number of esters is 1. The Hall–Kier alpha value is -2.60. The van der Waals surface area contributed by atoms with Crippen LogP contribution in [0.2, 0.25) is 0 Å². The number of nitrogens with zero attached hydrogens (tertiary/aromatic N) is 1. The summed E-state index contributed by atoms with van der Waals surface area (Å²) in [6, 6.07) is 16.5. The quantitative estimate of drug-likeness (QED) is 0.131. The van der Waals surface area contributed by atoms with Crippen molar-refractivity contribution in [2.75, 3.05) is 0 Å². The third kappa shape index (κ3) is 10.7. The fourth-order valence-electron chi connectivity index (χ4n) is 5.43. The van der Waals surface area contributed by atoms with Crippen LogP contribution in [0.5, 0.6) is 5.75 Å². The van der Waals surface area contributed by atoms with Gasteiger partial charge in [0.2, 0.25) is 0 Å². The van der Waals surface area contributed by atoms with Gasteiger partial charge in [-0.15, -0.1) is 0 Å². The fourth-order valence-corrected chi connectivity index (χ4v) is 5.43. The smallest absolute Gasteiger partial charge is 0.314 e. The lowest BCUT2D eigenvalue weighted by molar-refractivity contribution is -0.140. The molecular formula is C34H47NO2. The van der Waals surface area contributed by atoms with Gasteiger partial charge in [-0.2, -0.15) is 5.26 Å². The maximum atomic E-state index is 13.0.